The molecular formula is C8H13NOS. The van der Waals surface area contributed by atoms with Crippen molar-refractivity contribution >= 4 is 11.8 Å². The summed E-state index contributed by atoms with van der Waals surface area (Å²) in [6.07, 6.45) is 3.77. The highest BCUT2D eigenvalue weighted by atomic mass is 32.2. The lowest BCUT2D eigenvalue weighted by atomic mass is 10.1. The lowest BCUT2D eigenvalue weighted by molar-refractivity contribution is 0.480. The second kappa shape index (κ2) is 4.46. The van der Waals surface area contributed by atoms with Crippen LogP contribution in [0.4, 0.5) is 0 Å². The van der Waals surface area contributed by atoms with Gasteiger partial charge >= 0.3 is 0 Å². The Morgan fingerprint density at radius 1 is 1.73 bits per heavy atom. The zero-order valence-electron chi connectivity index (χ0n) is 6.62. The average molecular weight is 171 g/mol. The van der Waals surface area contributed by atoms with Crippen LogP contribution in [-0.2, 0) is 0 Å². The molecule has 0 spiro atoms. The molecule has 0 aromatic carbocycles. The Morgan fingerprint density at radius 3 is 3.00 bits per heavy atom. The van der Waals surface area contributed by atoms with Crippen LogP contribution in [0, 0.1) is 0 Å². The third-order valence-corrected chi connectivity index (χ3v) is 2.33. The summed E-state index contributed by atoms with van der Waals surface area (Å²) >= 11 is 1.79. The van der Waals surface area contributed by atoms with Crippen LogP contribution < -0.4 is 5.73 Å². The van der Waals surface area contributed by atoms with Crippen LogP contribution in [0.2, 0.25) is 0 Å². The van der Waals surface area contributed by atoms with Gasteiger partial charge in [-0.15, -0.1) is 0 Å². The second-order valence-corrected chi connectivity index (χ2v) is 3.31. The minimum absolute atomic E-state index is 0.375. The van der Waals surface area contributed by atoms with Crippen LogP contribution >= 0.6 is 11.8 Å². The van der Waals surface area contributed by atoms with Crippen molar-refractivity contribution in [1.29, 1.82) is 0 Å². The monoisotopic (exact) mass is 171 g/mol. The van der Waals surface area contributed by atoms with Crippen LogP contribution in [0.15, 0.2) is 22.8 Å². The second-order valence-electron chi connectivity index (χ2n) is 2.40. The van der Waals surface area contributed by atoms with Gasteiger partial charge in [0.05, 0.1) is 6.26 Å². The molecule has 0 amide bonds. The Morgan fingerprint density at radius 2 is 2.55 bits per heavy atom. The molecular weight excluding hydrogens is 158 g/mol. The van der Waals surface area contributed by atoms with Crippen molar-refractivity contribution in [3.8, 4) is 0 Å². The van der Waals surface area contributed by atoms with Gasteiger partial charge in [0.15, 0.2) is 0 Å². The topological polar surface area (TPSA) is 39.2 Å². The summed E-state index contributed by atoms with van der Waals surface area (Å²) in [5.74, 6) is 2.41. The van der Waals surface area contributed by atoms with Crippen LogP contribution in [0.1, 0.15) is 11.7 Å². The summed E-state index contributed by atoms with van der Waals surface area (Å²) in [4.78, 5) is 0. The van der Waals surface area contributed by atoms with Crippen molar-refractivity contribution in [3.63, 3.8) is 0 Å². The summed E-state index contributed by atoms with van der Waals surface area (Å²) in [5, 5.41) is 0. The minimum atomic E-state index is 0.375. The van der Waals surface area contributed by atoms with Gasteiger partial charge in [-0.2, -0.15) is 11.8 Å². The van der Waals surface area contributed by atoms with E-state index in [4.69, 9.17) is 10.2 Å². The molecule has 0 radical (unpaired) electrons. The molecule has 1 heterocycles. The van der Waals surface area contributed by atoms with Crippen molar-refractivity contribution in [3.05, 3.63) is 24.2 Å². The molecule has 2 nitrogen and oxygen atoms in total. The predicted molar refractivity (Wildman–Crippen MR) is 48.9 cm³/mol. The molecule has 1 rings (SSSR count). The predicted octanol–water partition coefficient (Wildman–Crippen LogP) is 1.68. The number of rotatable bonds is 4. The maximum absolute atomic E-state index is 5.58. The Bertz CT molecular complexity index is 186. The minimum Gasteiger partial charge on any atom is -0.469 e. The largest absolute Gasteiger partial charge is 0.469 e. The first kappa shape index (κ1) is 8.68. The van der Waals surface area contributed by atoms with E-state index in [1.165, 1.54) is 0 Å². The summed E-state index contributed by atoms with van der Waals surface area (Å²) in [6, 6.07) is 3.88. The summed E-state index contributed by atoms with van der Waals surface area (Å²) < 4.78 is 5.25. The highest BCUT2D eigenvalue weighted by Gasteiger charge is 2.10. The third-order valence-electron chi connectivity index (χ3n) is 1.60. The molecule has 0 saturated heterocycles. The average Bonchev–Trinajstić information content (AvgIpc) is 2.52. The van der Waals surface area contributed by atoms with E-state index in [1.807, 2.05) is 12.1 Å². The lowest BCUT2D eigenvalue weighted by Gasteiger charge is -2.08. The highest BCUT2D eigenvalue weighted by Crippen LogP contribution is 2.18. The van der Waals surface area contributed by atoms with E-state index < -0.39 is 0 Å². The summed E-state index contributed by atoms with van der Waals surface area (Å²) in [5.41, 5.74) is 5.58. The summed E-state index contributed by atoms with van der Waals surface area (Å²) in [7, 11) is 0. The third kappa shape index (κ3) is 2.27. The van der Waals surface area contributed by atoms with Crippen LogP contribution in [0.25, 0.3) is 0 Å². The molecule has 0 aliphatic rings. The quantitative estimate of drug-likeness (QED) is 0.749. The molecule has 1 atom stereocenters. The first-order chi connectivity index (χ1) is 5.38. The number of furan rings is 1. The molecule has 1 aromatic heterocycles. The van der Waals surface area contributed by atoms with Crippen LogP contribution in [0.3, 0.4) is 0 Å². The van der Waals surface area contributed by atoms with Crippen molar-refractivity contribution in [2.24, 2.45) is 5.73 Å². The van der Waals surface area contributed by atoms with E-state index in [2.05, 4.69) is 6.26 Å². The first-order valence-corrected chi connectivity index (χ1v) is 5.00. The molecule has 3 heteroatoms. The molecule has 1 aromatic rings. The SMILES string of the molecule is CSCC(CN)c1ccco1. The van der Waals surface area contributed by atoms with E-state index in [1.54, 1.807) is 18.0 Å². The van der Waals surface area contributed by atoms with E-state index in [0.717, 1.165) is 11.5 Å². The fraction of sp³-hybridized carbons (Fsp3) is 0.500. The number of hydrogen-bond donors (Lipinski definition) is 1. The Hall–Kier alpha value is -0.410. The fourth-order valence-corrected chi connectivity index (χ4v) is 1.69. The molecule has 62 valence electrons. The molecule has 0 fully saturated rings. The molecule has 0 bridgehead atoms. The van der Waals surface area contributed by atoms with Crippen LogP contribution in [-0.4, -0.2) is 18.6 Å². The van der Waals surface area contributed by atoms with Gasteiger partial charge in [-0.1, -0.05) is 0 Å². The highest BCUT2D eigenvalue weighted by molar-refractivity contribution is 7.98. The lowest BCUT2D eigenvalue weighted by Crippen LogP contribution is -2.13. The van der Waals surface area contributed by atoms with Crippen molar-refractivity contribution < 1.29 is 4.42 Å². The summed E-state index contributed by atoms with van der Waals surface area (Å²) in [6.45, 7) is 0.661. The van der Waals surface area contributed by atoms with Gasteiger partial charge < -0.3 is 10.2 Å². The molecule has 0 saturated carbocycles. The molecule has 0 aliphatic carbocycles. The Balaban J connectivity index is 2.56. The van der Waals surface area contributed by atoms with E-state index in [-0.39, 0.29) is 0 Å². The van der Waals surface area contributed by atoms with Gasteiger partial charge in [0.25, 0.3) is 0 Å². The maximum Gasteiger partial charge on any atom is 0.108 e. The van der Waals surface area contributed by atoms with Gasteiger partial charge in [-0.25, -0.2) is 0 Å². The Labute approximate surface area is 71.1 Å². The van der Waals surface area contributed by atoms with Gasteiger partial charge in [0.2, 0.25) is 0 Å². The van der Waals surface area contributed by atoms with Gasteiger partial charge in [-0.05, 0) is 18.4 Å². The van der Waals surface area contributed by atoms with Gasteiger partial charge in [0.1, 0.15) is 5.76 Å². The van der Waals surface area contributed by atoms with Gasteiger partial charge in [-0.3, -0.25) is 0 Å². The van der Waals surface area contributed by atoms with Crippen molar-refractivity contribution in [2.75, 3.05) is 18.6 Å². The molecule has 1 unspecified atom stereocenters. The number of nitrogens with two attached hydrogens (primary N) is 1. The zero-order chi connectivity index (χ0) is 8.10. The van der Waals surface area contributed by atoms with E-state index in [0.29, 0.717) is 12.5 Å². The first-order valence-electron chi connectivity index (χ1n) is 3.61. The molecule has 0 aliphatic heterocycles. The van der Waals surface area contributed by atoms with Crippen LogP contribution in [0.5, 0.6) is 0 Å². The normalized spacial score (nSPS) is 13.3. The Kier molecular flexibility index (Phi) is 3.52. The van der Waals surface area contributed by atoms with Crippen molar-refractivity contribution in [1.82, 2.24) is 0 Å². The molecule has 11 heavy (non-hydrogen) atoms. The molecule has 2 N–H and O–H groups in total. The standard InChI is InChI=1S/C8H13NOS/c1-11-6-7(5-9)8-3-2-4-10-8/h2-4,7H,5-6,9H2,1H3. The number of thioether (sulfide) groups is 1. The fourth-order valence-electron chi connectivity index (χ4n) is 0.991. The van der Waals surface area contributed by atoms with Gasteiger partial charge in [0, 0.05) is 18.2 Å². The number of hydrogen-bond acceptors (Lipinski definition) is 3. The zero-order valence-corrected chi connectivity index (χ0v) is 7.43. The van der Waals surface area contributed by atoms with E-state index >= 15 is 0 Å². The maximum atomic E-state index is 5.58. The van der Waals surface area contributed by atoms with Crippen molar-refractivity contribution in [2.45, 2.75) is 5.92 Å². The van der Waals surface area contributed by atoms with E-state index in [9.17, 15) is 0 Å². The smallest absolute Gasteiger partial charge is 0.108 e.